The maximum absolute atomic E-state index is 11.3. The van der Waals surface area contributed by atoms with Crippen LogP contribution in [0.4, 0.5) is 0 Å². The van der Waals surface area contributed by atoms with Crippen LogP contribution >= 0.6 is 0 Å². The number of imidazole rings is 1. The van der Waals surface area contributed by atoms with Gasteiger partial charge in [0, 0.05) is 11.1 Å². The number of aromatic nitrogens is 2. The Labute approximate surface area is 109 Å². The second kappa shape index (κ2) is 4.24. The van der Waals surface area contributed by atoms with Crippen molar-refractivity contribution in [2.75, 3.05) is 0 Å². The Morgan fingerprint density at radius 1 is 1.16 bits per heavy atom. The zero-order valence-corrected chi connectivity index (χ0v) is 10.3. The lowest BCUT2D eigenvalue weighted by atomic mass is 10.1. The highest BCUT2D eigenvalue weighted by Gasteiger charge is 2.07. The number of hydrogen-bond acceptors (Lipinski definition) is 3. The van der Waals surface area contributed by atoms with Crippen LogP contribution in [0.5, 0.6) is 5.75 Å². The second-order valence-corrected chi connectivity index (χ2v) is 4.42. The third-order valence-corrected chi connectivity index (χ3v) is 3.03. The Morgan fingerprint density at radius 2 is 1.89 bits per heavy atom. The van der Waals surface area contributed by atoms with Crippen molar-refractivity contribution < 1.29 is 9.90 Å². The van der Waals surface area contributed by atoms with Crippen LogP contribution in [0.25, 0.3) is 22.4 Å². The van der Waals surface area contributed by atoms with Crippen LogP contribution in [0, 0.1) is 0 Å². The Morgan fingerprint density at radius 3 is 2.58 bits per heavy atom. The normalized spacial score (nSPS) is 10.8. The molecule has 0 unspecified atom stereocenters. The zero-order chi connectivity index (χ0) is 13.4. The molecule has 0 fully saturated rings. The number of ketones is 1. The summed E-state index contributed by atoms with van der Waals surface area (Å²) in [5, 5.41) is 9.27. The minimum absolute atomic E-state index is 0.0303. The number of fused-ring (bicyclic) bond motifs is 1. The largest absolute Gasteiger partial charge is 0.508 e. The van der Waals surface area contributed by atoms with E-state index < -0.39 is 0 Å². The SMILES string of the molecule is CC(=O)c1ccc2nc(-c3ccc(O)cc3)[nH]c2c1. The molecule has 0 aliphatic carbocycles. The van der Waals surface area contributed by atoms with Gasteiger partial charge < -0.3 is 10.1 Å². The van der Waals surface area contributed by atoms with E-state index in [2.05, 4.69) is 9.97 Å². The Kier molecular flexibility index (Phi) is 2.56. The first-order valence-corrected chi connectivity index (χ1v) is 5.93. The van der Waals surface area contributed by atoms with E-state index in [1.54, 1.807) is 43.3 Å². The van der Waals surface area contributed by atoms with Crippen LogP contribution in [-0.2, 0) is 0 Å². The predicted molar refractivity (Wildman–Crippen MR) is 73.2 cm³/mol. The fourth-order valence-corrected chi connectivity index (χ4v) is 1.98. The Bertz CT molecular complexity index is 757. The second-order valence-electron chi connectivity index (χ2n) is 4.42. The third kappa shape index (κ3) is 2.08. The summed E-state index contributed by atoms with van der Waals surface area (Å²) in [5.41, 5.74) is 3.19. The maximum Gasteiger partial charge on any atom is 0.159 e. The number of nitrogens with zero attached hydrogens (tertiary/aromatic N) is 1. The van der Waals surface area contributed by atoms with Gasteiger partial charge in [0.25, 0.3) is 0 Å². The molecule has 94 valence electrons. The molecule has 1 aromatic heterocycles. The molecule has 0 saturated carbocycles. The van der Waals surface area contributed by atoms with Crippen LogP contribution < -0.4 is 0 Å². The predicted octanol–water partition coefficient (Wildman–Crippen LogP) is 3.14. The molecular formula is C15H12N2O2. The van der Waals surface area contributed by atoms with Gasteiger partial charge in [-0.3, -0.25) is 4.79 Å². The average Bonchev–Trinajstić information content (AvgIpc) is 2.82. The number of benzene rings is 2. The molecule has 0 spiro atoms. The van der Waals surface area contributed by atoms with Gasteiger partial charge in [0.05, 0.1) is 11.0 Å². The summed E-state index contributed by atoms with van der Waals surface area (Å²) in [5.74, 6) is 0.970. The maximum atomic E-state index is 11.3. The quantitative estimate of drug-likeness (QED) is 0.688. The number of rotatable bonds is 2. The number of carbonyl (C=O) groups is 1. The van der Waals surface area contributed by atoms with Crippen molar-refractivity contribution in [3.05, 3.63) is 48.0 Å². The molecule has 0 saturated heterocycles. The van der Waals surface area contributed by atoms with Gasteiger partial charge in [0.2, 0.25) is 0 Å². The molecule has 4 heteroatoms. The smallest absolute Gasteiger partial charge is 0.159 e. The summed E-state index contributed by atoms with van der Waals surface area (Å²) in [6.07, 6.45) is 0. The summed E-state index contributed by atoms with van der Waals surface area (Å²) < 4.78 is 0. The van der Waals surface area contributed by atoms with E-state index in [1.165, 1.54) is 0 Å². The van der Waals surface area contributed by atoms with Gasteiger partial charge in [-0.1, -0.05) is 0 Å². The highest BCUT2D eigenvalue weighted by molar-refractivity contribution is 5.97. The molecule has 4 nitrogen and oxygen atoms in total. The van der Waals surface area contributed by atoms with Gasteiger partial charge >= 0.3 is 0 Å². The summed E-state index contributed by atoms with van der Waals surface area (Å²) in [6.45, 7) is 1.54. The third-order valence-electron chi connectivity index (χ3n) is 3.03. The van der Waals surface area contributed by atoms with Crippen LogP contribution in [-0.4, -0.2) is 20.9 Å². The Hall–Kier alpha value is -2.62. The lowest BCUT2D eigenvalue weighted by Crippen LogP contribution is -1.90. The van der Waals surface area contributed by atoms with Gasteiger partial charge in [-0.25, -0.2) is 4.98 Å². The monoisotopic (exact) mass is 252 g/mol. The van der Waals surface area contributed by atoms with Gasteiger partial charge in [-0.15, -0.1) is 0 Å². The van der Waals surface area contributed by atoms with Crippen molar-refractivity contribution in [2.45, 2.75) is 6.92 Å². The molecule has 0 aliphatic heterocycles. The number of H-pyrrole nitrogens is 1. The number of Topliss-reactive ketones (excluding diaryl/α,β-unsaturated/α-hetero) is 1. The van der Waals surface area contributed by atoms with Crippen LogP contribution in [0.2, 0.25) is 0 Å². The van der Waals surface area contributed by atoms with Crippen molar-refractivity contribution in [2.24, 2.45) is 0 Å². The number of nitrogens with one attached hydrogen (secondary N) is 1. The van der Waals surface area contributed by atoms with Crippen LogP contribution in [0.15, 0.2) is 42.5 Å². The van der Waals surface area contributed by atoms with E-state index in [1.807, 2.05) is 6.07 Å². The molecule has 19 heavy (non-hydrogen) atoms. The molecule has 1 heterocycles. The van der Waals surface area contributed by atoms with Crippen molar-refractivity contribution in [3.8, 4) is 17.1 Å². The van der Waals surface area contributed by atoms with E-state index in [0.717, 1.165) is 22.4 Å². The fraction of sp³-hybridized carbons (Fsp3) is 0.0667. The van der Waals surface area contributed by atoms with Crippen LogP contribution in [0.1, 0.15) is 17.3 Å². The zero-order valence-electron chi connectivity index (χ0n) is 10.3. The first kappa shape index (κ1) is 11.5. The number of aromatic amines is 1. The molecule has 3 rings (SSSR count). The van der Waals surface area contributed by atoms with Crippen molar-refractivity contribution in [1.82, 2.24) is 9.97 Å². The molecular weight excluding hydrogens is 240 g/mol. The van der Waals surface area contributed by atoms with E-state index in [0.29, 0.717) is 5.56 Å². The molecule has 0 atom stereocenters. The van der Waals surface area contributed by atoms with Crippen molar-refractivity contribution in [1.29, 1.82) is 0 Å². The van der Waals surface area contributed by atoms with Crippen LogP contribution in [0.3, 0.4) is 0 Å². The fourth-order valence-electron chi connectivity index (χ4n) is 1.98. The minimum atomic E-state index is 0.0303. The van der Waals surface area contributed by atoms with Crippen molar-refractivity contribution in [3.63, 3.8) is 0 Å². The highest BCUT2D eigenvalue weighted by Crippen LogP contribution is 2.23. The summed E-state index contributed by atoms with van der Waals surface area (Å²) in [7, 11) is 0. The van der Waals surface area contributed by atoms with Crippen molar-refractivity contribution >= 4 is 16.8 Å². The molecule has 2 N–H and O–H groups in total. The first-order valence-electron chi connectivity index (χ1n) is 5.93. The van der Waals surface area contributed by atoms with E-state index >= 15 is 0 Å². The molecule has 0 aliphatic rings. The van der Waals surface area contributed by atoms with Gasteiger partial charge in [-0.05, 0) is 49.4 Å². The van der Waals surface area contributed by atoms with Gasteiger partial charge in [-0.2, -0.15) is 0 Å². The van der Waals surface area contributed by atoms with Gasteiger partial charge in [0.15, 0.2) is 5.78 Å². The average molecular weight is 252 g/mol. The molecule has 2 aromatic carbocycles. The molecule has 0 amide bonds. The van der Waals surface area contributed by atoms with E-state index in [9.17, 15) is 9.90 Å². The Balaban J connectivity index is 2.11. The highest BCUT2D eigenvalue weighted by atomic mass is 16.3. The summed E-state index contributed by atoms with van der Waals surface area (Å²) in [6, 6.07) is 12.2. The van der Waals surface area contributed by atoms with Gasteiger partial charge in [0.1, 0.15) is 11.6 Å². The number of carbonyl (C=O) groups excluding carboxylic acids is 1. The molecule has 3 aromatic rings. The number of phenols is 1. The topological polar surface area (TPSA) is 66.0 Å². The minimum Gasteiger partial charge on any atom is -0.508 e. The number of hydrogen-bond donors (Lipinski definition) is 2. The standard InChI is InChI=1S/C15H12N2O2/c1-9(18)11-4-7-13-14(8-11)17-15(16-13)10-2-5-12(19)6-3-10/h2-8,19H,1H3,(H,16,17). The van der Waals surface area contributed by atoms with E-state index in [4.69, 9.17) is 0 Å². The number of aromatic hydroxyl groups is 1. The lowest BCUT2D eigenvalue weighted by Gasteiger charge is -1.96. The molecule has 0 bridgehead atoms. The lowest BCUT2D eigenvalue weighted by molar-refractivity contribution is 0.101. The van der Waals surface area contributed by atoms with E-state index in [-0.39, 0.29) is 11.5 Å². The molecule has 0 radical (unpaired) electrons. The number of phenolic OH excluding ortho intramolecular Hbond substituents is 1. The summed E-state index contributed by atoms with van der Waals surface area (Å²) >= 11 is 0. The summed E-state index contributed by atoms with van der Waals surface area (Å²) in [4.78, 5) is 19.0. The first-order chi connectivity index (χ1) is 9.13.